The van der Waals surface area contributed by atoms with Gasteiger partial charge in [0.15, 0.2) is 5.96 Å². The van der Waals surface area contributed by atoms with E-state index in [-0.39, 0.29) is 24.0 Å². The van der Waals surface area contributed by atoms with Gasteiger partial charge in [0.25, 0.3) is 0 Å². The lowest BCUT2D eigenvalue weighted by molar-refractivity contribution is 0.128. The molecule has 1 aromatic rings. The summed E-state index contributed by atoms with van der Waals surface area (Å²) in [6.07, 6.45) is 9.23. The van der Waals surface area contributed by atoms with Crippen LogP contribution in [-0.2, 0) is 0 Å². The van der Waals surface area contributed by atoms with Crippen molar-refractivity contribution in [1.82, 2.24) is 15.5 Å². The largest absolute Gasteiger partial charge is 0.357 e. The van der Waals surface area contributed by atoms with Crippen LogP contribution in [0.3, 0.4) is 0 Å². The molecule has 1 aliphatic heterocycles. The number of thiophene rings is 1. The van der Waals surface area contributed by atoms with Crippen LogP contribution in [0.5, 0.6) is 0 Å². The molecule has 6 heteroatoms. The normalized spacial score (nSPS) is 25.5. The van der Waals surface area contributed by atoms with Gasteiger partial charge < -0.3 is 10.6 Å². The van der Waals surface area contributed by atoms with Crippen molar-refractivity contribution in [2.75, 3.05) is 26.7 Å². The first kappa shape index (κ1) is 22.0. The molecule has 0 aromatic carbocycles. The summed E-state index contributed by atoms with van der Waals surface area (Å²) in [5.41, 5.74) is 0. The van der Waals surface area contributed by atoms with E-state index in [1.54, 1.807) is 0 Å². The first-order valence-electron chi connectivity index (χ1n) is 10.1. The van der Waals surface area contributed by atoms with Crippen LogP contribution in [0.25, 0.3) is 0 Å². The third-order valence-corrected chi connectivity index (χ3v) is 6.56. The molecule has 1 aromatic heterocycles. The van der Waals surface area contributed by atoms with Crippen molar-refractivity contribution in [3.63, 3.8) is 0 Å². The zero-order valence-electron chi connectivity index (χ0n) is 16.2. The molecule has 26 heavy (non-hydrogen) atoms. The van der Waals surface area contributed by atoms with Crippen molar-refractivity contribution in [2.24, 2.45) is 10.9 Å². The molecule has 3 rings (SSSR count). The number of nitrogens with one attached hydrogen (secondary N) is 2. The Morgan fingerprint density at radius 2 is 2.04 bits per heavy atom. The molecule has 148 valence electrons. The maximum atomic E-state index is 5.00. The summed E-state index contributed by atoms with van der Waals surface area (Å²) in [6.45, 7) is 5.19. The van der Waals surface area contributed by atoms with E-state index in [2.05, 4.69) is 47.0 Å². The molecular weight excluding hydrogens is 455 g/mol. The molecule has 0 bridgehead atoms. The minimum atomic E-state index is 0. The van der Waals surface area contributed by atoms with E-state index in [0.717, 1.165) is 19.0 Å². The maximum absolute atomic E-state index is 5.00. The standard InChI is InChI=1S/C20H34N4S.HI/c1-3-21-20(23-17-10-5-4-6-11-17)22-15-16-9-7-13-24(2)19(16)18-12-8-14-25-18;/h8,12,14,16-17,19H,3-7,9-11,13,15H2,1-2H3,(H2,21,22,23);1H. The minimum absolute atomic E-state index is 0. The van der Waals surface area contributed by atoms with E-state index in [0.29, 0.717) is 18.0 Å². The monoisotopic (exact) mass is 490 g/mol. The fourth-order valence-electron chi connectivity index (χ4n) is 4.33. The SMILES string of the molecule is CCNC(=NCC1CCCN(C)C1c1cccs1)NC1CCCCC1.I. The van der Waals surface area contributed by atoms with E-state index in [4.69, 9.17) is 4.99 Å². The molecule has 0 radical (unpaired) electrons. The molecule has 0 spiro atoms. The third kappa shape index (κ3) is 6.09. The number of hydrogen-bond donors (Lipinski definition) is 2. The second-order valence-electron chi connectivity index (χ2n) is 7.54. The molecule has 0 amide bonds. The number of piperidine rings is 1. The summed E-state index contributed by atoms with van der Waals surface area (Å²) < 4.78 is 0. The first-order chi connectivity index (χ1) is 12.3. The number of nitrogens with zero attached hydrogens (tertiary/aromatic N) is 2. The average Bonchev–Trinajstić information content (AvgIpc) is 3.15. The van der Waals surface area contributed by atoms with Gasteiger partial charge in [-0.25, -0.2) is 0 Å². The van der Waals surface area contributed by atoms with Crippen molar-refractivity contribution >= 4 is 41.3 Å². The predicted molar refractivity (Wildman–Crippen MR) is 124 cm³/mol. The van der Waals surface area contributed by atoms with Gasteiger partial charge in [-0.1, -0.05) is 25.3 Å². The average molecular weight is 490 g/mol. The van der Waals surface area contributed by atoms with Crippen molar-refractivity contribution in [3.8, 4) is 0 Å². The van der Waals surface area contributed by atoms with Crippen LogP contribution in [0.4, 0.5) is 0 Å². The van der Waals surface area contributed by atoms with Gasteiger partial charge in [-0.2, -0.15) is 0 Å². The molecule has 2 fully saturated rings. The van der Waals surface area contributed by atoms with Gasteiger partial charge in [-0.05, 0) is 63.6 Å². The van der Waals surface area contributed by atoms with Gasteiger partial charge in [-0.15, -0.1) is 35.3 Å². The Labute approximate surface area is 180 Å². The van der Waals surface area contributed by atoms with Gasteiger partial charge >= 0.3 is 0 Å². The lowest BCUT2D eigenvalue weighted by Gasteiger charge is -2.38. The van der Waals surface area contributed by atoms with Crippen molar-refractivity contribution < 1.29 is 0 Å². The molecule has 2 atom stereocenters. The highest BCUT2D eigenvalue weighted by Crippen LogP contribution is 2.37. The van der Waals surface area contributed by atoms with Crippen LogP contribution < -0.4 is 10.6 Å². The van der Waals surface area contributed by atoms with Crippen LogP contribution >= 0.6 is 35.3 Å². The summed E-state index contributed by atoms with van der Waals surface area (Å²) in [7, 11) is 2.27. The highest BCUT2D eigenvalue weighted by atomic mass is 127. The Hall–Kier alpha value is -0.340. The maximum Gasteiger partial charge on any atom is 0.191 e. The molecule has 1 aliphatic carbocycles. The van der Waals surface area contributed by atoms with Gasteiger partial charge in [-0.3, -0.25) is 9.89 Å². The molecule has 2 N–H and O–H groups in total. The summed E-state index contributed by atoms with van der Waals surface area (Å²) in [5, 5.41) is 9.34. The molecule has 2 heterocycles. The van der Waals surface area contributed by atoms with E-state index in [1.807, 2.05) is 11.3 Å². The Balaban J connectivity index is 0.00000243. The summed E-state index contributed by atoms with van der Waals surface area (Å²) in [4.78, 5) is 9.02. The molecule has 1 saturated heterocycles. The zero-order chi connectivity index (χ0) is 17.5. The fourth-order valence-corrected chi connectivity index (χ4v) is 5.31. The van der Waals surface area contributed by atoms with E-state index in [1.165, 1.54) is 56.4 Å². The van der Waals surface area contributed by atoms with Crippen LogP contribution in [0.2, 0.25) is 0 Å². The lowest BCUT2D eigenvalue weighted by Crippen LogP contribution is -2.45. The van der Waals surface area contributed by atoms with Crippen LogP contribution in [0, 0.1) is 5.92 Å². The first-order valence-corrected chi connectivity index (χ1v) is 10.9. The molecule has 2 aliphatic rings. The van der Waals surface area contributed by atoms with Crippen molar-refractivity contribution in [3.05, 3.63) is 22.4 Å². The molecular formula is C20H35IN4S. The van der Waals surface area contributed by atoms with Crippen LogP contribution in [0.15, 0.2) is 22.5 Å². The van der Waals surface area contributed by atoms with Crippen molar-refractivity contribution in [1.29, 1.82) is 0 Å². The third-order valence-electron chi connectivity index (χ3n) is 5.62. The second kappa shape index (κ2) is 11.5. The summed E-state index contributed by atoms with van der Waals surface area (Å²) >= 11 is 1.89. The van der Waals surface area contributed by atoms with Gasteiger partial charge in [0.05, 0.1) is 0 Å². The second-order valence-corrected chi connectivity index (χ2v) is 8.52. The van der Waals surface area contributed by atoms with Crippen LogP contribution in [-0.4, -0.2) is 43.6 Å². The van der Waals surface area contributed by atoms with Crippen molar-refractivity contribution in [2.45, 2.75) is 64.0 Å². The van der Waals surface area contributed by atoms with Gasteiger partial charge in [0, 0.05) is 30.1 Å². The molecule has 1 saturated carbocycles. The summed E-state index contributed by atoms with van der Waals surface area (Å²) in [6, 6.07) is 5.60. The zero-order valence-corrected chi connectivity index (χ0v) is 19.4. The number of rotatable bonds is 5. The number of halogens is 1. The minimum Gasteiger partial charge on any atom is -0.357 e. The Bertz CT molecular complexity index is 528. The van der Waals surface area contributed by atoms with E-state index < -0.39 is 0 Å². The number of hydrogen-bond acceptors (Lipinski definition) is 3. The predicted octanol–water partition coefficient (Wildman–Crippen LogP) is 4.64. The molecule has 4 nitrogen and oxygen atoms in total. The number of likely N-dealkylation sites (tertiary alicyclic amines) is 1. The Kier molecular flexibility index (Phi) is 9.70. The van der Waals surface area contributed by atoms with Gasteiger partial charge in [0.2, 0.25) is 0 Å². The van der Waals surface area contributed by atoms with E-state index >= 15 is 0 Å². The Morgan fingerprint density at radius 3 is 2.73 bits per heavy atom. The highest BCUT2D eigenvalue weighted by Gasteiger charge is 2.31. The lowest BCUT2D eigenvalue weighted by atomic mass is 9.88. The molecule has 2 unspecified atom stereocenters. The summed E-state index contributed by atoms with van der Waals surface area (Å²) in [5.74, 6) is 1.63. The highest BCUT2D eigenvalue weighted by molar-refractivity contribution is 14.0. The fraction of sp³-hybridized carbons (Fsp3) is 0.750. The number of guanidine groups is 1. The van der Waals surface area contributed by atoms with Gasteiger partial charge in [0.1, 0.15) is 0 Å². The quantitative estimate of drug-likeness (QED) is 0.359. The number of aliphatic imine (C=N–C) groups is 1. The van der Waals surface area contributed by atoms with Crippen LogP contribution in [0.1, 0.15) is 62.8 Å². The topological polar surface area (TPSA) is 39.7 Å². The smallest absolute Gasteiger partial charge is 0.191 e. The van der Waals surface area contributed by atoms with E-state index in [9.17, 15) is 0 Å². The Morgan fingerprint density at radius 1 is 1.23 bits per heavy atom.